The number of benzene rings is 1. The molecule has 0 unspecified atom stereocenters. The minimum atomic E-state index is -3.58. The van der Waals surface area contributed by atoms with Crippen molar-refractivity contribution in [3.05, 3.63) is 34.4 Å². The molecule has 0 saturated heterocycles. The Balaban J connectivity index is 2.09. The number of sulfonamides is 1. The first-order valence-electron chi connectivity index (χ1n) is 6.67. The van der Waals surface area contributed by atoms with E-state index in [1.54, 1.807) is 6.07 Å². The van der Waals surface area contributed by atoms with Crippen molar-refractivity contribution in [2.75, 3.05) is 12.4 Å². The average Bonchev–Trinajstić information content (AvgIpc) is 2.83. The van der Waals surface area contributed by atoms with E-state index in [0.29, 0.717) is 5.75 Å². The Kier molecular flexibility index (Phi) is 4.48. The molecule has 0 atom stereocenters. The predicted octanol–water partition coefficient (Wildman–Crippen LogP) is 1.82. The summed E-state index contributed by atoms with van der Waals surface area (Å²) in [5.41, 5.74) is -0.544. The van der Waals surface area contributed by atoms with Crippen LogP contribution in [0, 0.1) is 15.5 Å². The fraction of sp³-hybridized carbons (Fsp3) is 0.538. The van der Waals surface area contributed by atoms with E-state index in [1.165, 1.54) is 18.2 Å². The number of primary sulfonamides is 1. The van der Waals surface area contributed by atoms with Gasteiger partial charge in [0.1, 0.15) is 5.75 Å². The molecule has 8 heteroatoms. The minimum Gasteiger partial charge on any atom is -0.493 e. The lowest BCUT2D eigenvalue weighted by Gasteiger charge is -2.27. The van der Waals surface area contributed by atoms with Gasteiger partial charge >= 0.3 is 0 Å². The van der Waals surface area contributed by atoms with Crippen molar-refractivity contribution in [1.82, 2.24) is 0 Å². The second-order valence-corrected chi connectivity index (χ2v) is 7.17. The number of nitro groups is 1. The molecule has 0 heterocycles. The number of nitrogens with two attached hydrogens (primary N) is 1. The number of non-ortho nitro benzene ring substituents is 1. The molecular weight excluding hydrogens is 296 g/mol. The number of nitro benzene ring substituents is 1. The number of rotatable bonds is 6. The van der Waals surface area contributed by atoms with E-state index in [0.717, 1.165) is 25.7 Å². The number of hydrogen-bond donors (Lipinski definition) is 1. The molecule has 116 valence electrons. The van der Waals surface area contributed by atoms with Crippen molar-refractivity contribution >= 4 is 15.7 Å². The van der Waals surface area contributed by atoms with E-state index < -0.39 is 20.4 Å². The number of hydrogen-bond acceptors (Lipinski definition) is 5. The Bertz CT molecular complexity index is 623. The minimum absolute atomic E-state index is 0.0561. The molecule has 0 spiro atoms. The molecular formula is C13H18N2O5S. The van der Waals surface area contributed by atoms with Gasteiger partial charge in [0.2, 0.25) is 10.0 Å². The molecule has 1 aromatic rings. The fourth-order valence-electron chi connectivity index (χ4n) is 2.81. The van der Waals surface area contributed by atoms with Crippen LogP contribution in [0.2, 0.25) is 0 Å². The molecule has 0 bridgehead atoms. The summed E-state index contributed by atoms with van der Waals surface area (Å²) in [7, 11) is -3.58. The fourth-order valence-corrected chi connectivity index (χ4v) is 4.03. The highest BCUT2D eigenvalue weighted by atomic mass is 32.2. The highest BCUT2D eigenvalue weighted by Gasteiger charge is 2.38. The Hall–Kier alpha value is -1.67. The zero-order chi connectivity index (χ0) is 15.5. The van der Waals surface area contributed by atoms with Gasteiger partial charge in [0.15, 0.2) is 0 Å². The lowest BCUT2D eigenvalue weighted by atomic mass is 9.90. The topological polar surface area (TPSA) is 113 Å². The lowest BCUT2D eigenvalue weighted by Crippen LogP contribution is -2.36. The van der Waals surface area contributed by atoms with E-state index in [9.17, 15) is 18.5 Å². The lowest BCUT2D eigenvalue weighted by molar-refractivity contribution is -0.384. The van der Waals surface area contributed by atoms with Crippen molar-refractivity contribution in [2.24, 2.45) is 10.6 Å². The Labute approximate surface area is 123 Å². The summed E-state index contributed by atoms with van der Waals surface area (Å²) in [6, 6.07) is 5.86. The van der Waals surface area contributed by atoms with Crippen LogP contribution < -0.4 is 9.88 Å². The van der Waals surface area contributed by atoms with Crippen LogP contribution in [0.25, 0.3) is 0 Å². The summed E-state index contributed by atoms with van der Waals surface area (Å²) < 4.78 is 28.4. The number of ether oxygens (including phenoxy) is 1. The molecule has 0 radical (unpaired) electrons. The Morgan fingerprint density at radius 2 is 2.00 bits per heavy atom. The molecule has 1 aliphatic rings. The van der Waals surface area contributed by atoms with Crippen molar-refractivity contribution in [3.63, 3.8) is 0 Å². The van der Waals surface area contributed by atoms with Crippen LogP contribution in [0.15, 0.2) is 24.3 Å². The number of nitrogens with zero attached hydrogens (tertiary/aromatic N) is 1. The first kappa shape index (κ1) is 15.7. The van der Waals surface area contributed by atoms with Crippen molar-refractivity contribution in [1.29, 1.82) is 0 Å². The van der Waals surface area contributed by atoms with Gasteiger partial charge in [-0.1, -0.05) is 18.9 Å². The van der Waals surface area contributed by atoms with E-state index >= 15 is 0 Å². The van der Waals surface area contributed by atoms with Gasteiger partial charge in [0, 0.05) is 11.5 Å². The monoisotopic (exact) mass is 314 g/mol. The highest BCUT2D eigenvalue weighted by molar-refractivity contribution is 7.89. The smallest absolute Gasteiger partial charge is 0.273 e. The van der Waals surface area contributed by atoms with Crippen LogP contribution >= 0.6 is 0 Å². The van der Waals surface area contributed by atoms with Gasteiger partial charge in [-0.2, -0.15) is 0 Å². The summed E-state index contributed by atoms with van der Waals surface area (Å²) in [6.45, 7) is 0.199. The summed E-state index contributed by atoms with van der Waals surface area (Å²) in [5, 5.41) is 15.9. The first-order valence-corrected chi connectivity index (χ1v) is 8.39. The molecule has 1 aromatic carbocycles. The third kappa shape index (κ3) is 4.40. The summed E-state index contributed by atoms with van der Waals surface area (Å²) >= 11 is 0. The van der Waals surface area contributed by atoms with Crippen LogP contribution in [-0.2, 0) is 10.0 Å². The molecule has 2 rings (SSSR count). The maximum atomic E-state index is 11.4. The molecule has 1 saturated carbocycles. The molecule has 1 fully saturated rings. The SMILES string of the molecule is NS(=O)(=O)CC1(COc2cccc([N+](=O)[O-])c2)CCCC1. The second-order valence-electron chi connectivity index (χ2n) is 5.56. The Morgan fingerprint density at radius 1 is 1.33 bits per heavy atom. The largest absolute Gasteiger partial charge is 0.493 e. The van der Waals surface area contributed by atoms with Crippen molar-refractivity contribution in [3.8, 4) is 5.75 Å². The quantitative estimate of drug-likeness (QED) is 0.635. The van der Waals surface area contributed by atoms with E-state index in [-0.39, 0.29) is 18.0 Å². The van der Waals surface area contributed by atoms with Gasteiger partial charge < -0.3 is 4.74 Å². The third-order valence-corrected chi connectivity index (χ3v) is 4.76. The van der Waals surface area contributed by atoms with Crippen LogP contribution in [0.4, 0.5) is 5.69 Å². The molecule has 2 N–H and O–H groups in total. The van der Waals surface area contributed by atoms with Crippen LogP contribution in [0.1, 0.15) is 25.7 Å². The van der Waals surface area contributed by atoms with Gasteiger partial charge in [-0.15, -0.1) is 0 Å². The Morgan fingerprint density at radius 3 is 2.57 bits per heavy atom. The van der Waals surface area contributed by atoms with Gasteiger partial charge in [0.05, 0.1) is 23.3 Å². The zero-order valence-electron chi connectivity index (χ0n) is 11.5. The third-order valence-electron chi connectivity index (χ3n) is 3.75. The predicted molar refractivity (Wildman–Crippen MR) is 77.5 cm³/mol. The maximum absolute atomic E-state index is 11.4. The molecule has 7 nitrogen and oxygen atoms in total. The normalized spacial score (nSPS) is 17.6. The summed E-state index contributed by atoms with van der Waals surface area (Å²) in [4.78, 5) is 10.2. The molecule has 0 amide bonds. The van der Waals surface area contributed by atoms with E-state index in [4.69, 9.17) is 9.88 Å². The van der Waals surface area contributed by atoms with Crippen LogP contribution in [0.3, 0.4) is 0 Å². The second kappa shape index (κ2) is 5.98. The highest BCUT2D eigenvalue weighted by Crippen LogP contribution is 2.39. The molecule has 1 aliphatic carbocycles. The van der Waals surface area contributed by atoms with Crippen molar-refractivity contribution in [2.45, 2.75) is 25.7 Å². The van der Waals surface area contributed by atoms with Crippen LogP contribution in [0.5, 0.6) is 5.75 Å². The van der Waals surface area contributed by atoms with Gasteiger partial charge in [0.25, 0.3) is 5.69 Å². The molecule has 0 aliphatic heterocycles. The maximum Gasteiger partial charge on any atom is 0.273 e. The van der Waals surface area contributed by atoms with E-state index in [1.807, 2.05) is 0 Å². The van der Waals surface area contributed by atoms with E-state index in [2.05, 4.69) is 0 Å². The molecule has 0 aromatic heterocycles. The average molecular weight is 314 g/mol. The van der Waals surface area contributed by atoms with Crippen molar-refractivity contribution < 1.29 is 18.1 Å². The zero-order valence-corrected chi connectivity index (χ0v) is 12.3. The van der Waals surface area contributed by atoms with Gasteiger partial charge in [-0.3, -0.25) is 10.1 Å². The van der Waals surface area contributed by atoms with Crippen LogP contribution in [-0.4, -0.2) is 25.7 Å². The molecule has 21 heavy (non-hydrogen) atoms. The standard InChI is InChI=1S/C13H18N2O5S/c14-21(18,19)10-13(6-1-2-7-13)9-20-12-5-3-4-11(8-12)15(16)17/h3-5,8H,1-2,6-7,9-10H2,(H2,14,18,19). The summed E-state index contributed by atoms with van der Waals surface area (Å²) in [5.74, 6) is 0.249. The first-order chi connectivity index (χ1) is 9.80. The van der Waals surface area contributed by atoms with Gasteiger partial charge in [-0.25, -0.2) is 13.6 Å². The van der Waals surface area contributed by atoms with Gasteiger partial charge in [-0.05, 0) is 18.9 Å². The summed E-state index contributed by atoms with van der Waals surface area (Å²) in [6.07, 6.45) is 3.35.